The highest BCUT2D eigenvalue weighted by Crippen LogP contribution is 2.20. The number of hydrogen-bond acceptors (Lipinski definition) is 4. The van der Waals surface area contributed by atoms with Gasteiger partial charge in [-0.25, -0.2) is 0 Å². The highest BCUT2D eigenvalue weighted by atomic mass is 16.3. The van der Waals surface area contributed by atoms with Crippen LogP contribution in [-0.4, -0.2) is 42.0 Å². The van der Waals surface area contributed by atoms with Gasteiger partial charge in [0.15, 0.2) is 0 Å². The molecule has 0 radical (unpaired) electrons. The van der Waals surface area contributed by atoms with Crippen molar-refractivity contribution < 1.29 is 10.2 Å². The van der Waals surface area contributed by atoms with Crippen molar-refractivity contribution in [3.63, 3.8) is 0 Å². The first kappa shape index (κ1) is 14.1. The number of hydrogen-bond donors (Lipinski definition) is 2. The quantitative estimate of drug-likeness (QED) is 0.600. The SMILES string of the molecule is CN(C)/C=C/CCCN=Cc1ccc(O)cc1O. The number of nitrogens with zero attached hydrogens (tertiary/aromatic N) is 2. The Hall–Kier alpha value is -1.97. The molecule has 0 saturated carbocycles. The molecule has 0 atom stereocenters. The summed E-state index contributed by atoms with van der Waals surface area (Å²) in [6, 6.07) is 4.47. The van der Waals surface area contributed by atoms with Crippen LogP contribution in [0.15, 0.2) is 35.5 Å². The third-order valence-corrected chi connectivity index (χ3v) is 2.31. The van der Waals surface area contributed by atoms with Gasteiger partial charge < -0.3 is 15.1 Å². The molecule has 0 fully saturated rings. The van der Waals surface area contributed by atoms with Gasteiger partial charge in [-0.3, -0.25) is 4.99 Å². The Morgan fingerprint density at radius 2 is 2.06 bits per heavy atom. The monoisotopic (exact) mass is 248 g/mol. The summed E-state index contributed by atoms with van der Waals surface area (Å²) < 4.78 is 0. The van der Waals surface area contributed by atoms with E-state index < -0.39 is 0 Å². The maximum absolute atomic E-state index is 9.53. The van der Waals surface area contributed by atoms with Crippen molar-refractivity contribution in [1.82, 2.24) is 4.90 Å². The molecule has 4 nitrogen and oxygen atoms in total. The summed E-state index contributed by atoms with van der Waals surface area (Å²) >= 11 is 0. The lowest BCUT2D eigenvalue weighted by atomic mass is 10.2. The smallest absolute Gasteiger partial charge is 0.128 e. The van der Waals surface area contributed by atoms with Crippen LogP contribution in [0.5, 0.6) is 11.5 Å². The lowest BCUT2D eigenvalue weighted by molar-refractivity contribution is 0.450. The van der Waals surface area contributed by atoms with Crippen molar-refractivity contribution in [1.29, 1.82) is 0 Å². The van der Waals surface area contributed by atoms with Crippen LogP contribution in [-0.2, 0) is 0 Å². The lowest BCUT2D eigenvalue weighted by Gasteiger charge is -2.02. The van der Waals surface area contributed by atoms with Crippen LogP contribution in [0.1, 0.15) is 18.4 Å². The first-order chi connectivity index (χ1) is 8.59. The molecule has 1 aromatic rings. The molecule has 0 unspecified atom stereocenters. The number of benzene rings is 1. The number of rotatable bonds is 6. The van der Waals surface area contributed by atoms with E-state index in [1.54, 1.807) is 12.3 Å². The molecule has 0 spiro atoms. The molecule has 0 aliphatic rings. The third kappa shape index (κ3) is 5.39. The molecule has 0 aliphatic carbocycles. The molecule has 0 aromatic heterocycles. The van der Waals surface area contributed by atoms with E-state index >= 15 is 0 Å². The molecular formula is C14H20N2O2. The Bertz CT molecular complexity index is 426. The Morgan fingerprint density at radius 3 is 2.72 bits per heavy atom. The summed E-state index contributed by atoms with van der Waals surface area (Å²) in [5, 5.41) is 18.7. The van der Waals surface area contributed by atoms with Gasteiger partial charge in [0.2, 0.25) is 0 Å². The van der Waals surface area contributed by atoms with Crippen molar-refractivity contribution in [3.8, 4) is 11.5 Å². The molecule has 1 aromatic carbocycles. The average molecular weight is 248 g/mol. The van der Waals surface area contributed by atoms with E-state index in [0.29, 0.717) is 5.56 Å². The molecule has 18 heavy (non-hydrogen) atoms. The minimum absolute atomic E-state index is 0.0475. The van der Waals surface area contributed by atoms with Crippen molar-refractivity contribution in [2.75, 3.05) is 20.6 Å². The van der Waals surface area contributed by atoms with E-state index in [1.807, 2.05) is 25.2 Å². The van der Waals surface area contributed by atoms with E-state index in [1.165, 1.54) is 12.1 Å². The van der Waals surface area contributed by atoms with Gasteiger partial charge in [-0.15, -0.1) is 0 Å². The molecular weight excluding hydrogens is 228 g/mol. The van der Waals surface area contributed by atoms with Crippen LogP contribution in [0, 0.1) is 0 Å². The predicted octanol–water partition coefficient (Wildman–Crippen LogP) is 2.37. The Kier molecular flexibility index (Phi) is 5.77. The van der Waals surface area contributed by atoms with Gasteiger partial charge in [0.25, 0.3) is 0 Å². The van der Waals surface area contributed by atoms with E-state index in [9.17, 15) is 5.11 Å². The number of phenolic OH excluding ortho intramolecular Hbond substituents is 2. The molecule has 0 aliphatic heterocycles. The summed E-state index contributed by atoms with van der Waals surface area (Å²) in [4.78, 5) is 6.23. The fourth-order valence-electron chi connectivity index (χ4n) is 1.39. The highest BCUT2D eigenvalue weighted by Gasteiger charge is 1.98. The molecule has 1 rings (SSSR count). The van der Waals surface area contributed by atoms with Crippen molar-refractivity contribution in [3.05, 3.63) is 36.0 Å². The minimum atomic E-state index is 0.0475. The number of aliphatic imine (C=N–C) groups is 1. The molecule has 0 heterocycles. The zero-order valence-corrected chi connectivity index (χ0v) is 10.9. The van der Waals surface area contributed by atoms with E-state index in [4.69, 9.17) is 5.11 Å². The molecule has 0 saturated heterocycles. The van der Waals surface area contributed by atoms with Crippen LogP contribution in [0.25, 0.3) is 0 Å². The lowest BCUT2D eigenvalue weighted by Crippen LogP contribution is -1.99. The summed E-state index contributed by atoms with van der Waals surface area (Å²) in [5.74, 6) is 0.102. The van der Waals surface area contributed by atoms with Crippen LogP contribution in [0.2, 0.25) is 0 Å². The zero-order chi connectivity index (χ0) is 13.4. The molecule has 4 heteroatoms. The van der Waals surface area contributed by atoms with Crippen molar-refractivity contribution >= 4 is 6.21 Å². The minimum Gasteiger partial charge on any atom is -0.508 e. The Morgan fingerprint density at radius 1 is 1.28 bits per heavy atom. The molecule has 0 amide bonds. The van der Waals surface area contributed by atoms with Crippen molar-refractivity contribution in [2.45, 2.75) is 12.8 Å². The number of aromatic hydroxyl groups is 2. The topological polar surface area (TPSA) is 56.1 Å². The fourth-order valence-corrected chi connectivity index (χ4v) is 1.39. The number of unbranched alkanes of at least 4 members (excludes halogenated alkanes) is 1. The summed E-state index contributed by atoms with van der Waals surface area (Å²) in [7, 11) is 3.98. The van der Waals surface area contributed by atoms with Gasteiger partial charge in [-0.1, -0.05) is 6.08 Å². The Labute approximate surface area is 108 Å². The standard InChI is InChI=1S/C14H20N2O2/c1-16(2)9-5-3-4-8-15-11-12-6-7-13(17)10-14(12)18/h5-7,9-11,17-18H,3-4,8H2,1-2H3/b9-5+,15-11?. The second-order valence-corrected chi connectivity index (χ2v) is 4.27. The fraction of sp³-hybridized carbons (Fsp3) is 0.357. The first-order valence-corrected chi connectivity index (χ1v) is 5.94. The van der Waals surface area contributed by atoms with Gasteiger partial charge in [0, 0.05) is 38.5 Å². The maximum Gasteiger partial charge on any atom is 0.128 e. The third-order valence-electron chi connectivity index (χ3n) is 2.31. The van der Waals surface area contributed by atoms with E-state index in [2.05, 4.69) is 11.1 Å². The van der Waals surface area contributed by atoms with E-state index in [0.717, 1.165) is 19.4 Å². The van der Waals surface area contributed by atoms with Crippen molar-refractivity contribution in [2.24, 2.45) is 4.99 Å². The van der Waals surface area contributed by atoms with Gasteiger partial charge in [0.05, 0.1) is 0 Å². The highest BCUT2D eigenvalue weighted by molar-refractivity contribution is 5.83. The van der Waals surface area contributed by atoms with Crippen LogP contribution >= 0.6 is 0 Å². The van der Waals surface area contributed by atoms with Crippen LogP contribution < -0.4 is 0 Å². The average Bonchev–Trinajstić information content (AvgIpc) is 2.30. The summed E-state index contributed by atoms with van der Waals surface area (Å²) in [5.41, 5.74) is 0.622. The maximum atomic E-state index is 9.53. The molecule has 0 bridgehead atoms. The summed E-state index contributed by atoms with van der Waals surface area (Å²) in [6.07, 6.45) is 7.71. The van der Waals surface area contributed by atoms with Gasteiger partial charge in [0.1, 0.15) is 11.5 Å². The molecule has 98 valence electrons. The van der Waals surface area contributed by atoms with Gasteiger partial charge >= 0.3 is 0 Å². The second kappa shape index (κ2) is 7.37. The zero-order valence-electron chi connectivity index (χ0n) is 10.9. The van der Waals surface area contributed by atoms with Crippen LogP contribution in [0.3, 0.4) is 0 Å². The largest absolute Gasteiger partial charge is 0.508 e. The van der Waals surface area contributed by atoms with E-state index in [-0.39, 0.29) is 11.5 Å². The predicted molar refractivity (Wildman–Crippen MR) is 74.3 cm³/mol. The van der Waals surface area contributed by atoms with Crippen LogP contribution in [0.4, 0.5) is 0 Å². The Balaban J connectivity index is 2.32. The number of phenols is 2. The first-order valence-electron chi connectivity index (χ1n) is 5.94. The van der Waals surface area contributed by atoms with Gasteiger partial charge in [-0.05, 0) is 31.2 Å². The normalized spacial score (nSPS) is 11.4. The van der Waals surface area contributed by atoms with Gasteiger partial charge in [-0.2, -0.15) is 0 Å². The summed E-state index contributed by atoms with van der Waals surface area (Å²) in [6.45, 7) is 0.720. The molecule has 2 N–H and O–H groups in total. The second-order valence-electron chi connectivity index (χ2n) is 4.27. The number of allylic oxidation sites excluding steroid dienone is 1.